The molecule has 1 amide bonds. The third kappa shape index (κ3) is 4.65. The number of rotatable bonds is 6. The molecule has 0 aliphatic rings. The van der Waals surface area contributed by atoms with Gasteiger partial charge in [0.1, 0.15) is 0 Å². The molecular formula is C24H19N5O5. The molecule has 0 bridgehead atoms. The highest BCUT2D eigenvalue weighted by Gasteiger charge is 2.15. The Labute approximate surface area is 193 Å². The summed E-state index contributed by atoms with van der Waals surface area (Å²) in [6.07, 6.45) is 4.36. The van der Waals surface area contributed by atoms with Gasteiger partial charge in [0.25, 0.3) is 11.5 Å². The van der Waals surface area contributed by atoms with E-state index in [0.29, 0.717) is 27.6 Å². The van der Waals surface area contributed by atoms with Crippen molar-refractivity contribution in [2.24, 2.45) is 12.1 Å². The first-order valence-electron chi connectivity index (χ1n) is 10.1. The molecule has 2 heterocycles. The van der Waals surface area contributed by atoms with Crippen molar-refractivity contribution in [1.29, 1.82) is 0 Å². The number of amides is 1. The maximum absolute atomic E-state index is 12.7. The third-order valence-corrected chi connectivity index (χ3v) is 4.84. The topological polar surface area (TPSA) is 125 Å². The Morgan fingerprint density at radius 2 is 1.85 bits per heavy atom. The highest BCUT2D eigenvalue weighted by Crippen LogP contribution is 2.28. The number of methoxy groups -OCH3 is 1. The summed E-state index contributed by atoms with van der Waals surface area (Å²) in [5.41, 5.74) is 3.07. The van der Waals surface area contributed by atoms with Crippen LogP contribution in [-0.4, -0.2) is 40.0 Å². The molecule has 4 aromatic rings. The highest BCUT2D eigenvalue weighted by molar-refractivity contribution is 6.05. The van der Waals surface area contributed by atoms with E-state index < -0.39 is 11.9 Å². The predicted molar refractivity (Wildman–Crippen MR) is 124 cm³/mol. The number of nitrogens with zero attached hydrogens (tertiary/aromatic N) is 4. The van der Waals surface area contributed by atoms with Crippen molar-refractivity contribution in [3.05, 3.63) is 94.2 Å². The SMILES string of the molecule is COc1cc(/C=N/NC(=O)c2nn(C)c(=O)c3ccccc23)ccc1OC(=O)c1cccnc1. The van der Waals surface area contributed by atoms with Gasteiger partial charge >= 0.3 is 5.97 Å². The van der Waals surface area contributed by atoms with Crippen LogP contribution in [-0.2, 0) is 7.05 Å². The van der Waals surface area contributed by atoms with Crippen molar-refractivity contribution in [3.8, 4) is 11.5 Å². The summed E-state index contributed by atoms with van der Waals surface area (Å²) in [7, 11) is 2.92. The summed E-state index contributed by atoms with van der Waals surface area (Å²) >= 11 is 0. The number of nitrogens with one attached hydrogen (secondary N) is 1. The molecule has 0 aliphatic carbocycles. The molecule has 0 spiro atoms. The fraction of sp³-hybridized carbons (Fsp3) is 0.0833. The van der Waals surface area contributed by atoms with Gasteiger partial charge in [-0.25, -0.2) is 14.9 Å². The summed E-state index contributed by atoms with van der Waals surface area (Å²) in [5, 5.41) is 8.85. The van der Waals surface area contributed by atoms with Gasteiger partial charge in [-0.3, -0.25) is 14.6 Å². The highest BCUT2D eigenvalue weighted by atomic mass is 16.6. The number of hydrogen-bond acceptors (Lipinski definition) is 8. The van der Waals surface area contributed by atoms with E-state index in [9.17, 15) is 14.4 Å². The molecule has 170 valence electrons. The Hall–Kier alpha value is -4.86. The number of esters is 1. The van der Waals surface area contributed by atoms with Crippen molar-refractivity contribution < 1.29 is 19.1 Å². The number of aryl methyl sites for hydroxylation is 1. The maximum atomic E-state index is 12.7. The molecule has 0 aliphatic heterocycles. The second kappa shape index (κ2) is 9.74. The molecule has 0 saturated heterocycles. The number of benzene rings is 2. The van der Waals surface area contributed by atoms with Gasteiger partial charge < -0.3 is 9.47 Å². The fourth-order valence-corrected chi connectivity index (χ4v) is 3.18. The van der Waals surface area contributed by atoms with E-state index in [-0.39, 0.29) is 17.0 Å². The minimum Gasteiger partial charge on any atom is -0.493 e. The number of aromatic nitrogens is 3. The van der Waals surface area contributed by atoms with Crippen LogP contribution in [0.2, 0.25) is 0 Å². The predicted octanol–water partition coefficient (Wildman–Crippen LogP) is 2.32. The number of carbonyl (C=O) groups excluding carboxylic acids is 2. The average molecular weight is 457 g/mol. The molecule has 0 saturated carbocycles. The van der Waals surface area contributed by atoms with Crippen LogP contribution in [0.15, 0.2) is 76.9 Å². The molecular weight excluding hydrogens is 438 g/mol. The normalized spacial score (nSPS) is 10.9. The van der Waals surface area contributed by atoms with Crippen LogP contribution < -0.4 is 20.5 Å². The Bertz CT molecular complexity index is 1460. The van der Waals surface area contributed by atoms with Crippen molar-refractivity contribution in [1.82, 2.24) is 20.2 Å². The van der Waals surface area contributed by atoms with Gasteiger partial charge in [0.2, 0.25) is 0 Å². The number of hydrazone groups is 1. The number of carbonyl (C=O) groups is 2. The molecule has 34 heavy (non-hydrogen) atoms. The molecule has 0 atom stereocenters. The number of pyridine rings is 1. The zero-order valence-electron chi connectivity index (χ0n) is 18.3. The van der Waals surface area contributed by atoms with Crippen LogP contribution in [0.3, 0.4) is 0 Å². The maximum Gasteiger partial charge on any atom is 0.345 e. The fourth-order valence-electron chi connectivity index (χ4n) is 3.18. The second-order valence-corrected chi connectivity index (χ2v) is 7.06. The molecule has 2 aromatic carbocycles. The van der Waals surface area contributed by atoms with Crippen LogP contribution in [0.25, 0.3) is 10.8 Å². The lowest BCUT2D eigenvalue weighted by molar-refractivity contribution is 0.0729. The van der Waals surface area contributed by atoms with E-state index >= 15 is 0 Å². The van der Waals surface area contributed by atoms with E-state index in [1.807, 2.05) is 0 Å². The summed E-state index contributed by atoms with van der Waals surface area (Å²) in [6, 6.07) is 14.7. The lowest BCUT2D eigenvalue weighted by Gasteiger charge is -2.10. The van der Waals surface area contributed by atoms with Gasteiger partial charge in [-0.1, -0.05) is 18.2 Å². The summed E-state index contributed by atoms with van der Waals surface area (Å²) in [5.74, 6) is -0.620. The standard InChI is InChI=1S/C24H19N5O5/c1-29-23(31)18-8-4-3-7-17(18)21(28-29)22(30)27-26-13-15-9-10-19(20(12-15)33-2)34-24(32)16-6-5-11-25-14-16/h3-14H,1-2H3,(H,27,30)/b26-13+. The molecule has 0 unspecified atom stereocenters. The molecule has 0 fully saturated rings. The van der Waals surface area contributed by atoms with E-state index in [2.05, 4.69) is 20.6 Å². The van der Waals surface area contributed by atoms with Gasteiger partial charge in [-0.05, 0) is 42.0 Å². The van der Waals surface area contributed by atoms with Crippen LogP contribution in [0, 0.1) is 0 Å². The van der Waals surface area contributed by atoms with Gasteiger partial charge in [0.05, 0.1) is 24.3 Å². The summed E-state index contributed by atoms with van der Waals surface area (Å²) < 4.78 is 11.8. The molecule has 1 N–H and O–H groups in total. The van der Waals surface area contributed by atoms with E-state index in [4.69, 9.17) is 9.47 Å². The summed E-state index contributed by atoms with van der Waals surface area (Å²) in [6.45, 7) is 0. The summed E-state index contributed by atoms with van der Waals surface area (Å²) in [4.78, 5) is 41.0. The van der Waals surface area contributed by atoms with E-state index in [1.54, 1.807) is 60.8 Å². The Kier molecular flexibility index (Phi) is 6.40. The third-order valence-electron chi connectivity index (χ3n) is 4.84. The Morgan fingerprint density at radius 1 is 1.06 bits per heavy atom. The average Bonchev–Trinajstić information content (AvgIpc) is 2.87. The largest absolute Gasteiger partial charge is 0.493 e. The van der Waals surface area contributed by atoms with E-state index in [1.165, 1.54) is 26.6 Å². The minimum atomic E-state index is -0.572. The molecule has 10 heteroatoms. The van der Waals surface area contributed by atoms with Crippen LogP contribution >= 0.6 is 0 Å². The zero-order chi connectivity index (χ0) is 24.1. The quantitative estimate of drug-likeness (QED) is 0.204. The smallest absolute Gasteiger partial charge is 0.345 e. The minimum absolute atomic E-state index is 0.0742. The van der Waals surface area contributed by atoms with Gasteiger partial charge in [-0.15, -0.1) is 0 Å². The number of fused-ring (bicyclic) bond motifs is 1. The first-order valence-corrected chi connectivity index (χ1v) is 10.1. The van der Waals surface area contributed by atoms with Crippen molar-refractivity contribution in [2.75, 3.05) is 7.11 Å². The zero-order valence-corrected chi connectivity index (χ0v) is 18.3. The van der Waals surface area contributed by atoms with Crippen LogP contribution in [0.5, 0.6) is 11.5 Å². The van der Waals surface area contributed by atoms with Crippen LogP contribution in [0.1, 0.15) is 26.4 Å². The van der Waals surface area contributed by atoms with Crippen molar-refractivity contribution >= 4 is 28.9 Å². The molecule has 4 rings (SSSR count). The number of ether oxygens (including phenoxy) is 2. The van der Waals surface area contributed by atoms with Crippen molar-refractivity contribution in [3.63, 3.8) is 0 Å². The Morgan fingerprint density at radius 3 is 2.59 bits per heavy atom. The monoisotopic (exact) mass is 457 g/mol. The second-order valence-electron chi connectivity index (χ2n) is 7.06. The molecule has 2 aromatic heterocycles. The lowest BCUT2D eigenvalue weighted by atomic mass is 10.1. The molecule has 0 radical (unpaired) electrons. The molecule has 10 nitrogen and oxygen atoms in total. The number of hydrogen-bond donors (Lipinski definition) is 1. The van der Waals surface area contributed by atoms with E-state index in [0.717, 1.165) is 4.68 Å². The van der Waals surface area contributed by atoms with Gasteiger partial charge in [-0.2, -0.15) is 10.2 Å². The first kappa shape index (κ1) is 22.3. The van der Waals surface area contributed by atoms with Crippen molar-refractivity contribution in [2.45, 2.75) is 0 Å². The lowest BCUT2D eigenvalue weighted by Crippen LogP contribution is -2.27. The van der Waals surface area contributed by atoms with Gasteiger partial charge in [0, 0.05) is 24.8 Å². The van der Waals surface area contributed by atoms with Crippen LogP contribution in [0.4, 0.5) is 0 Å². The van der Waals surface area contributed by atoms with Gasteiger partial charge in [0.15, 0.2) is 17.2 Å². The Balaban J connectivity index is 1.50. The first-order chi connectivity index (χ1) is 16.5.